The Hall–Kier alpha value is -1.64. The van der Waals surface area contributed by atoms with E-state index in [1.165, 1.54) is 18.3 Å². The first kappa shape index (κ1) is 13.8. The lowest BCUT2D eigenvalue weighted by Crippen LogP contribution is -2.12. The number of nitrogens with one attached hydrogen (secondary N) is 2. The average molecular weight is 321 g/mol. The summed E-state index contributed by atoms with van der Waals surface area (Å²) in [7, 11) is 1.31. The molecule has 0 saturated heterocycles. The summed E-state index contributed by atoms with van der Waals surface area (Å²) in [5.41, 5.74) is 0.309. The molecule has 100 valence electrons. The highest BCUT2D eigenvalue weighted by atomic mass is 35.7. The minimum atomic E-state index is -3.87. The monoisotopic (exact) mass is 320 g/mol. The van der Waals surface area contributed by atoms with Crippen LogP contribution in [0.1, 0.15) is 10.5 Å². The van der Waals surface area contributed by atoms with Gasteiger partial charge in [-0.2, -0.15) is 15.4 Å². The lowest BCUT2D eigenvalue weighted by Gasteiger charge is -2.06. The van der Waals surface area contributed by atoms with Crippen molar-refractivity contribution in [1.29, 1.82) is 0 Å². The van der Waals surface area contributed by atoms with Crippen molar-refractivity contribution >= 4 is 42.9 Å². The van der Waals surface area contributed by atoms with Crippen LogP contribution in [0.2, 0.25) is 5.02 Å². The number of carbonyl (C=O) groups excluding carboxylic acids is 1. The van der Waals surface area contributed by atoms with Gasteiger partial charge in [0.15, 0.2) is 5.69 Å². The molecule has 2 rings (SSSR count). The smallest absolute Gasteiger partial charge is 0.277 e. The van der Waals surface area contributed by atoms with Crippen molar-refractivity contribution in [2.45, 2.75) is 4.90 Å². The van der Waals surface area contributed by atoms with Gasteiger partial charge in [0, 0.05) is 10.7 Å². The number of carbonyl (C=O) groups is 1. The zero-order valence-electron chi connectivity index (χ0n) is 9.09. The highest BCUT2D eigenvalue weighted by Crippen LogP contribution is 2.27. The van der Waals surface area contributed by atoms with Crippen molar-refractivity contribution in [3.05, 3.63) is 35.1 Å². The van der Waals surface area contributed by atoms with E-state index < -0.39 is 15.0 Å². The summed E-state index contributed by atoms with van der Waals surface area (Å²) in [4.78, 5) is 11.5. The van der Waals surface area contributed by atoms with Crippen LogP contribution >= 0.6 is 22.3 Å². The zero-order valence-corrected chi connectivity index (χ0v) is 11.4. The van der Waals surface area contributed by atoms with E-state index >= 15 is 0 Å². The highest BCUT2D eigenvalue weighted by Gasteiger charge is 2.15. The number of hydrogen-bond acceptors (Lipinski definition) is 5. The minimum Gasteiger partial charge on any atom is -0.319 e. The van der Waals surface area contributed by atoms with Gasteiger partial charge in [-0.1, -0.05) is 11.6 Å². The van der Waals surface area contributed by atoms with Gasteiger partial charge in [-0.15, -0.1) is 0 Å². The molecule has 0 bridgehead atoms. The fourth-order valence-corrected chi connectivity index (χ4v) is 2.32. The number of anilines is 1. The molecular formula is C9H6Cl2N4O3S. The Morgan fingerprint density at radius 3 is 2.63 bits per heavy atom. The highest BCUT2D eigenvalue weighted by molar-refractivity contribution is 8.13. The summed E-state index contributed by atoms with van der Waals surface area (Å²) < 4.78 is 22.2. The molecule has 1 heterocycles. The SMILES string of the molecule is O=C(Nc1ccc(S(=O)(=O)Cl)cc1Cl)c1cn[nH]n1. The summed E-state index contributed by atoms with van der Waals surface area (Å²) in [6.45, 7) is 0. The molecule has 0 atom stereocenters. The van der Waals surface area contributed by atoms with E-state index in [2.05, 4.69) is 20.7 Å². The van der Waals surface area contributed by atoms with Crippen LogP contribution < -0.4 is 5.32 Å². The van der Waals surface area contributed by atoms with E-state index in [0.717, 1.165) is 6.07 Å². The normalized spacial score (nSPS) is 11.3. The fourth-order valence-electron chi connectivity index (χ4n) is 1.25. The summed E-state index contributed by atoms with van der Waals surface area (Å²) in [6, 6.07) is 3.70. The molecule has 0 unspecified atom stereocenters. The average Bonchev–Trinajstić information content (AvgIpc) is 2.84. The van der Waals surface area contributed by atoms with Crippen LogP contribution in [-0.4, -0.2) is 29.7 Å². The first-order valence-corrected chi connectivity index (χ1v) is 7.48. The molecule has 0 spiro atoms. The number of hydrogen-bond donors (Lipinski definition) is 2. The van der Waals surface area contributed by atoms with E-state index in [1.54, 1.807) is 0 Å². The zero-order chi connectivity index (χ0) is 14.0. The van der Waals surface area contributed by atoms with Crippen LogP contribution in [-0.2, 0) is 9.05 Å². The molecule has 7 nitrogen and oxygen atoms in total. The molecular weight excluding hydrogens is 315 g/mol. The van der Waals surface area contributed by atoms with Crippen molar-refractivity contribution < 1.29 is 13.2 Å². The Balaban J connectivity index is 2.25. The summed E-state index contributed by atoms with van der Waals surface area (Å²) in [6.07, 6.45) is 1.24. The van der Waals surface area contributed by atoms with E-state index in [4.69, 9.17) is 22.3 Å². The standard InChI is InChI=1S/C9H6Cl2N4O3S/c10-6-3-5(19(11,17)18)1-2-7(6)13-9(16)8-4-12-15-14-8/h1-4H,(H,13,16)(H,12,14,15). The number of rotatable bonds is 3. The number of halogens is 2. The van der Waals surface area contributed by atoms with Crippen LogP contribution in [0.4, 0.5) is 5.69 Å². The maximum absolute atomic E-state index is 11.7. The second kappa shape index (κ2) is 5.16. The van der Waals surface area contributed by atoms with E-state index in [-0.39, 0.29) is 21.3 Å². The van der Waals surface area contributed by atoms with Crippen molar-refractivity contribution in [1.82, 2.24) is 15.4 Å². The summed E-state index contributed by atoms with van der Waals surface area (Å²) in [5.74, 6) is -0.530. The van der Waals surface area contributed by atoms with Gasteiger partial charge in [-0.3, -0.25) is 4.79 Å². The molecule has 19 heavy (non-hydrogen) atoms. The van der Waals surface area contributed by atoms with Gasteiger partial charge in [-0.05, 0) is 18.2 Å². The third kappa shape index (κ3) is 3.22. The largest absolute Gasteiger partial charge is 0.319 e. The first-order valence-electron chi connectivity index (χ1n) is 4.79. The minimum absolute atomic E-state index is 0.0403. The van der Waals surface area contributed by atoms with Crippen LogP contribution in [0.3, 0.4) is 0 Å². The van der Waals surface area contributed by atoms with Gasteiger partial charge in [0.25, 0.3) is 15.0 Å². The molecule has 0 aliphatic heterocycles. The van der Waals surface area contributed by atoms with E-state index in [9.17, 15) is 13.2 Å². The van der Waals surface area contributed by atoms with Gasteiger partial charge in [-0.25, -0.2) is 8.42 Å². The molecule has 0 radical (unpaired) electrons. The predicted molar refractivity (Wildman–Crippen MR) is 68.8 cm³/mol. The van der Waals surface area contributed by atoms with Crippen molar-refractivity contribution in [3.8, 4) is 0 Å². The Morgan fingerprint density at radius 2 is 2.11 bits per heavy atom. The third-order valence-corrected chi connectivity index (χ3v) is 3.78. The summed E-state index contributed by atoms with van der Waals surface area (Å²) >= 11 is 5.86. The molecule has 0 aliphatic carbocycles. The Labute approximate surface area is 117 Å². The number of nitrogens with zero attached hydrogens (tertiary/aromatic N) is 2. The topological polar surface area (TPSA) is 105 Å². The lowest BCUT2D eigenvalue weighted by atomic mass is 10.3. The maximum Gasteiger partial charge on any atom is 0.277 e. The molecule has 2 aromatic rings. The van der Waals surface area contributed by atoms with Gasteiger partial charge in [0.05, 0.1) is 21.8 Å². The molecule has 2 N–H and O–H groups in total. The van der Waals surface area contributed by atoms with Crippen LogP contribution in [0.15, 0.2) is 29.3 Å². The maximum atomic E-state index is 11.7. The van der Waals surface area contributed by atoms with Gasteiger partial charge < -0.3 is 5.32 Å². The summed E-state index contributed by atoms with van der Waals surface area (Å²) in [5, 5.41) is 11.9. The Kier molecular flexibility index (Phi) is 3.74. The predicted octanol–water partition coefficient (Wildman–Crippen LogP) is 1.64. The third-order valence-electron chi connectivity index (χ3n) is 2.12. The molecule has 10 heteroatoms. The molecule has 1 aromatic carbocycles. The molecule has 1 amide bonds. The second-order valence-corrected chi connectivity index (χ2v) is 6.36. The quantitative estimate of drug-likeness (QED) is 0.836. The number of H-pyrrole nitrogens is 1. The fraction of sp³-hybridized carbons (Fsp3) is 0. The number of aromatic nitrogens is 3. The van der Waals surface area contributed by atoms with Crippen molar-refractivity contribution in [3.63, 3.8) is 0 Å². The number of amides is 1. The molecule has 0 fully saturated rings. The van der Waals surface area contributed by atoms with Gasteiger partial charge in [0.2, 0.25) is 0 Å². The Bertz CT molecular complexity index is 715. The van der Waals surface area contributed by atoms with Crippen molar-refractivity contribution in [2.75, 3.05) is 5.32 Å². The number of aromatic amines is 1. The second-order valence-electron chi connectivity index (χ2n) is 3.39. The van der Waals surface area contributed by atoms with Gasteiger partial charge >= 0.3 is 0 Å². The van der Waals surface area contributed by atoms with Gasteiger partial charge in [0.1, 0.15) is 0 Å². The van der Waals surface area contributed by atoms with Crippen LogP contribution in [0.5, 0.6) is 0 Å². The van der Waals surface area contributed by atoms with Crippen molar-refractivity contribution in [2.24, 2.45) is 0 Å². The van der Waals surface area contributed by atoms with Crippen LogP contribution in [0.25, 0.3) is 0 Å². The molecule has 1 aromatic heterocycles. The van der Waals surface area contributed by atoms with Crippen LogP contribution in [0, 0.1) is 0 Å². The lowest BCUT2D eigenvalue weighted by molar-refractivity contribution is 0.102. The first-order chi connectivity index (χ1) is 8.88. The Morgan fingerprint density at radius 1 is 1.37 bits per heavy atom. The van der Waals surface area contributed by atoms with E-state index in [0.29, 0.717) is 0 Å². The number of benzene rings is 1. The van der Waals surface area contributed by atoms with E-state index in [1.807, 2.05) is 0 Å². The molecule has 0 saturated carbocycles. The molecule has 0 aliphatic rings.